The summed E-state index contributed by atoms with van der Waals surface area (Å²) >= 11 is 0. The normalized spacial score (nSPS) is 21.4. The summed E-state index contributed by atoms with van der Waals surface area (Å²) in [4.78, 5) is 0. The zero-order chi connectivity index (χ0) is 10.1. The predicted molar refractivity (Wildman–Crippen MR) is 50.0 cm³/mol. The fourth-order valence-corrected chi connectivity index (χ4v) is 1.78. The number of benzene rings is 1. The highest BCUT2D eigenvalue weighted by Gasteiger charge is 2.19. The Morgan fingerprint density at radius 2 is 2.14 bits per heavy atom. The Bertz CT molecular complexity index is 325. The van der Waals surface area contributed by atoms with Crippen molar-refractivity contribution in [3.8, 4) is 11.5 Å². The van der Waals surface area contributed by atoms with Crippen LogP contribution in [-0.4, -0.2) is 23.3 Å². The number of phenols is 2. The summed E-state index contributed by atoms with van der Waals surface area (Å²) in [6, 6.07) is 2.71. The van der Waals surface area contributed by atoms with E-state index in [0.29, 0.717) is 0 Å². The van der Waals surface area contributed by atoms with Crippen LogP contribution >= 0.6 is 0 Å². The molecule has 3 nitrogen and oxygen atoms in total. The molecular formula is C10H12FNO2. The van der Waals surface area contributed by atoms with Crippen LogP contribution in [0.3, 0.4) is 0 Å². The van der Waals surface area contributed by atoms with Gasteiger partial charge >= 0.3 is 0 Å². The molecule has 0 aromatic heterocycles. The third-order valence-electron chi connectivity index (χ3n) is 2.60. The molecule has 1 atom stereocenters. The fraction of sp³-hybridized carbons (Fsp3) is 0.400. The second-order valence-corrected chi connectivity index (χ2v) is 3.56. The molecule has 1 unspecified atom stereocenters. The summed E-state index contributed by atoms with van der Waals surface area (Å²) in [7, 11) is 0. The van der Waals surface area contributed by atoms with Gasteiger partial charge < -0.3 is 15.5 Å². The summed E-state index contributed by atoms with van der Waals surface area (Å²) in [6.07, 6.45) is 0.934. The molecule has 14 heavy (non-hydrogen) atoms. The molecule has 0 saturated carbocycles. The van der Waals surface area contributed by atoms with Gasteiger partial charge in [0.1, 0.15) is 0 Å². The van der Waals surface area contributed by atoms with E-state index in [2.05, 4.69) is 5.32 Å². The van der Waals surface area contributed by atoms with Crippen LogP contribution in [0, 0.1) is 5.82 Å². The van der Waals surface area contributed by atoms with Crippen molar-refractivity contribution in [3.05, 3.63) is 23.5 Å². The molecule has 1 aromatic carbocycles. The van der Waals surface area contributed by atoms with Gasteiger partial charge in [0.05, 0.1) is 0 Å². The summed E-state index contributed by atoms with van der Waals surface area (Å²) in [5.74, 6) is -1.57. The summed E-state index contributed by atoms with van der Waals surface area (Å²) in [5, 5.41) is 21.4. The highest BCUT2D eigenvalue weighted by molar-refractivity contribution is 5.43. The molecule has 76 valence electrons. The Hall–Kier alpha value is -1.29. The predicted octanol–water partition coefficient (Wildman–Crippen LogP) is 1.31. The van der Waals surface area contributed by atoms with Crippen molar-refractivity contribution in [2.75, 3.05) is 13.1 Å². The molecule has 1 saturated heterocycles. The lowest BCUT2D eigenvalue weighted by Gasteiger charge is -2.10. The molecule has 1 aromatic rings. The molecule has 4 heteroatoms. The third-order valence-corrected chi connectivity index (χ3v) is 2.60. The number of hydrogen-bond acceptors (Lipinski definition) is 3. The molecule has 0 bridgehead atoms. The molecule has 2 rings (SSSR count). The SMILES string of the molecule is Oc1cc(C2CCNC2)cc(F)c1O. The standard InChI is InChI=1S/C10H12FNO2/c11-8-3-7(4-9(13)10(8)14)6-1-2-12-5-6/h3-4,6,12-14H,1-2,5H2. The van der Waals surface area contributed by atoms with Crippen molar-refractivity contribution < 1.29 is 14.6 Å². The Kier molecular flexibility index (Phi) is 2.29. The average Bonchev–Trinajstić information content (AvgIpc) is 2.66. The van der Waals surface area contributed by atoms with Gasteiger partial charge in [-0.15, -0.1) is 0 Å². The average molecular weight is 197 g/mol. The van der Waals surface area contributed by atoms with E-state index in [1.165, 1.54) is 12.1 Å². The third kappa shape index (κ3) is 1.53. The number of hydrogen-bond donors (Lipinski definition) is 3. The summed E-state index contributed by atoms with van der Waals surface area (Å²) < 4.78 is 13.1. The fourth-order valence-electron chi connectivity index (χ4n) is 1.78. The molecular weight excluding hydrogens is 185 g/mol. The second-order valence-electron chi connectivity index (χ2n) is 3.56. The van der Waals surface area contributed by atoms with E-state index >= 15 is 0 Å². The van der Waals surface area contributed by atoms with E-state index in [0.717, 1.165) is 25.1 Å². The first-order valence-electron chi connectivity index (χ1n) is 4.60. The number of aromatic hydroxyl groups is 2. The van der Waals surface area contributed by atoms with Crippen LogP contribution in [-0.2, 0) is 0 Å². The molecule has 0 aliphatic carbocycles. The van der Waals surface area contributed by atoms with Gasteiger partial charge in [0.15, 0.2) is 17.3 Å². The molecule has 1 fully saturated rings. The number of phenolic OH excluding ortho intramolecular Hbond substituents is 2. The van der Waals surface area contributed by atoms with Gasteiger partial charge in [-0.05, 0) is 36.6 Å². The monoisotopic (exact) mass is 197 g/mol. The van der Waals surface area contributed by atoms with Gasteiger partial charge in [-0.2, -0.15) is 0 Å². The van der Waals surface area contributed by atoms with E-state index in [1.807, 2.05) is 0 Å². The molecule has 1 aliphatic heterocycles. The van der Waals surface area contributed by atoms with Crippen LogP contribution in [0.15, 0.2) is 12.1 Å². The van der Waals surface area contributed by atoms with Gasteiger partial charge in [-0.1, -0.05) is 0 Å². The van der Waals surface area contributed by atoms with Crippen molar-refractivity contribution in [2.45, 2.75) is 12.3 Å². The van der Waals surface area contributed by atoms with Crippen LogP contribution in [0.1, 0.15) is 17.9 Å². The maximum Gasteiger partial charge on any atom is 0.194 e. The van der Waals surface area contributed by atoms with E-state index in [4.69, 9.17) is 5.11 Å². The number of rotatable bonds is 1. The van der Waals surface area contributed by atoms with Gasteiger partial charge in [0.2, 0.25) is 0 Å². The minimum absolute atomic E-state index is 0.232. The largest absolute Gasteiger partial charge is 0.504 e. The Labute approximate surface area is 81.2 Å². The van der Waals surface area contributed by atoms with E-state index in [-0.39, 0.29) is 11.7 Å². The van der Waals surface area contributed by atoms with Gasteiger partial charge in [-0.25, -0.2) is 4.39 Å². The molecule has 1 aliphatic rings. The lowest BCUT2D eigenvalue weighted by molar-refractivity contribution is 0.377. The highest BCUT2D eigenvalue weighted by Crippen LogP contribution is 2.33. The summed E-state index contributed by atoms with van der Waals surface area (Å²) in [5.41, 5.74) is 0.739. The Balaban J connectivity index is 2.34. The molecule has 0 spiro atoms. The summed E-state index contributed by atoms with van der Waals surface area (Å²) in [6.45, 7) is 1.71. The minimum atomic E-state index is -0.757. The first kappa shape index (κ1) is 9.27. The highest BCUT2D eigenvalue weighted by atomic mass is 19.1. The number of halogens is 1. The lowest BCUT2D eigenvalue weighted by atomic mass is 9.98. The zero-order valence-corrected chi connectivity index (χ0v) is 7.63. The molecule has 0 amide bonds. The molecule has 1 heterocycles. The quantitative estimate of drug-likeness (QED) is 0.595. The van der Waals surface area contributed by atoms with Crippen molar-refractivity contribution in [1.82, 2.24) is 5.32 Å². The molecule has 3 N–H and O–H groups in total. The maximum atomic E-state index is 13.1. The molecule has 0 radical (unpaired) electrons. The lowest BCUT2D eigenvalue weighted by Crippen LogP contribution is -2.08. The first-order chi connectivity index (χ1) is 6.68. The van der Waals surface area contributed by atoms with Crippen molar-refractivity contribution >= 4 is 0 Å². The van der Waals surface area contributed by atoms with Crippen molar-refractivity contribution in [2.24, 2.45) is 0 Å². The minimum Gasteiger partial charge on any atom is -0.504 e. The van der Waals surface area contributed by atoms with E-state index in [9.17, 15) is 9.50 Å². The zero-order valence-electron chi connectivity index (χ0n) is 7.63. The van der Waals surface area contributed by atoms with E-state index < -0.39 is 11.6 Å². The van der Waals surface area contributed by atoms with Crippen LogP contribution in [0.4, 0.5) is 4.39 Å². The van der Waals surface area contributed by atoms with Gasteiger partial charge in [0, 0.05) is 6.54 Å². The van der Waals surface area contributed by atoms with Crippen LogP contribution in [0.5, 0.6) is 11.5 Å². The maximum absolute atomic E-state index is 13.1. The van der Waals surface area contributed by atoms with Crippen LogP contribution < -0.4 is 5.32 Å². The van der Waals surface area contributed by atoms with Crippen molar-refractivity contribution in [1.29, 1.82) is 0 Å². The Morgan fingerprint density at radius 1 is 1.36 bits per heavy atom. The van der Waals surface area contributed by atoms with Gasteiger partial charge in [0.25, 0.3) is 0 Å². The topological polar surface area (TPSA) is 52.5 Å². The van der Waals surface area contributed by atoms with Crippen LogP contribution in [0.2, 0.25) is 0 Å². The van der Waals surface area contributed by atoms with Crippen molar-refractivity contribution in [3.63, 3.8) is 0 Å². The van der Waals surface area contributed by atoms with Crippen LogP contribution in [0.25, 0.3) is 0 Å². The van der Waals surface area contributed by atoms with E-state index in [1.54, 1.807) is 0 Å². The smallest absolute Gasteiger partial charge is 0.194 e. The number of nitrogens with one attached hydrogen (secondary N) is 1. The van der Waals surface area contributed by atoms with Gasteiger partial charge in [-0.3, -0.25) is 0 Å². The Morgan fingerprint density at radius 3 is 2.71 bits per heavy atom. The second kappa shape index (κ2) is 3.46. The first-order valence-corrected chi connectivity index (χ1v) is 4.60.